The molecule has 1 atom stereocenters. The molecule has 2 amide bonds. The molecule has 0 saturated carbocycles. The fourth-order valence-electron chi connectivity index (χ4n) is 3.56. The summed E-state index contributed by atoms with van der Waals surface area (Å²) in [7, 11) is 0. The van der Waals surface area contributed by atoms with E-state index in [2.05, 4.69) is 10.3 Å². The van der Waals surface area contributed by atoms with E-state index in [1.807, 2.05) is 0 Å². The Kier molecular flexibility index (Phi) is 5.22. The molecule has 10 heteroatoms. The number of nitrogens with one attached hydrogen (secondary N) is 2. The van der Waals surface area contributed by atoms with E-state index in [0.717, 1.165) is 6.07 Å². The average Bonchev–Trinajstić information content (AvgIpc) is 3.07. The van der Waals surface area contributed by atoms with Gasteiger partial charge in [-0.25, -0.2) is 8.78 Å². The van der Waals surface area contributed by atoms with Crippen molar-refractivity contribution in [2.45, 2.75) is 6.04 Å². The molecule has 28 heavy (non-hydrogen) atoms. The van der Waals surface area contributed by atoms with Gasteiger partial charge in [-0.3, -0.25) is 9.59 Å². The van der Waals surface area contributed by atoms with Crippen LogP contribution < -0.4 is 5.32 Å². The molecule has 0 aliphatic carbocycles. The summed E-state index contributed by atoms with van der Waals surface area (Å²) in [5.74, 6) is -2.23. The molecule has 2 N–H and O–H groups in total. The number of aromatic amines is 1. The molecule has 2 saturated heterocycles. The molecule has 0 radical (unpaired) electrons. The first-order valence-electron chi connectivity index (χ1n) is 9.01. The third kappa shape index (κ3) is 3.34. The SMILES string of the molecule is O=C(c1[nH]c2ccc(F)c(Cl)c2c1F)N1CCN(C(=O)[C@@H]2COCCN2)CC1. The third-order valence-corrected chi connectivity index (χ3v) is 5.48. The van der Waals surface area contributed by atoms with Gasteiger partial charge in [0.05, 0.1) is 29.1 Å². The standard InChI is InChI=1S/C18H19ClF2N4O3/c19-14-10(20)1-2-11-13(14)15(21)16(23-11)18(27)25-6-4-24(5-7-25)17(26)12-9-28-8-3-22-12/h1-2,12,22-23H,3-9H2/t12-/m0/s1. The highest BCUT2D eigenvalue weighted by atomic mass is 35.5. The van der Waals surface area contributed by atoms with Gasteiger partial charge in [0.1, 0.15) is 17.6 Å². The lowest BCUT2D eigenvalue weighted by Crippen LogP contribution is -2.57. The summed E-state index contributed by atoms with van der Waals surface area (Å²) in [6.45, 7) is 2.77. The normalized spacial score (nSPS) is 20.6. The second kappa shape index (κ2) is 7.65. The second-order valence-electron chi connectivity index (χ2n) is 6.80. The predicted molar refractivity (Wildman–Crippen MR) is 98.3 cm³/mol. The maximum atomic E-state index is 14.7. The number of hydrogen-bond acceptors (Lipinski definition) is 4. The highest BCUT2D eigenvalue weighted by Gasteiger charge is 2.32. The lowest BCUT2D eigenvalue weighted by molar-refractivity contribution is -0.137. The molecule has 3 heterocycles. The number of rotatable bonds is 2. The van der Waals surface area contributed by atoms with Crippen LogP contribution in [0.3, 0.4) is 0 Å². The molecule has 2 aromatic rings. The Balaban J connectivity index is 1.46. The predicted octanol–water partition coefficient (Wildman–Crippen LogP) is 1.37. The van der Waals surface area contributed by atoms with Crippen LogP contribution in [0.4, 0.5) is 8.78 Å². The monoisotopic (exact) mass is 412 g/mol. The Bertz CT molecular complexity index is 921. The van der Waals surface area contributed by atoms with Gasteiger partial charge in [0.15, 0.2) is 5.82 Å². The van der Waals surface area contributed by atoms with Gasteiger partial charge in [0, 0.05) is 32.7 Å². The van der Waals surface area contributed by atoms with Crippen LogP contribution in [0.25, 0.3) is 10.9 Å². The summed E-state index contributed by atoms with van der Waals surface area (Å²) >= 11 is 5.84. The van der Waals surface area contributed by atoms with Crippen LogP contribution in [-0.4, -0.2) is 78.6 Å². The molecule has 0 bridgehead atoms. The van der Waals surface area contributed by atoms with Crippen molar-refractivity contribution in [3.05, 3.63) is 34.5 Å². The summed E-state index contributed by atoms with van der Waals surface area (Å²) in [4.78, 5) is 31.1. The quantitative estimate of drug-likeness (QED) is 0.781. The highest BCUT2D eigenvalue weighted by molar-refractivity contribution is 6.35. The Labute approximate surface area is 164 Å². The molecule has 1 aromatic heterocycles. The molecule has 7 nitrogen and oxygen atoms in total. The summed E-state index contributed by atoms with van der Waals surface area (Å²) in [6, 6.07) is 2.08. The number of piperazine rings is 1. The second-order valence-corrected chi connectivity index (χ2v) is 7.17. The summed E-state index contributed by atoms with van der Waals surface area (Å²) < 4.78 is 33.6. The van der Waals surface area contributed by atoms with Crippen molar-refractivity contribution in [1.82, 2.24) is 20.1 Å². The van der Waals surface area contributed by atoms with Gasteiger partial charge in [-0.2, -0.15) is 0 Å². The van der Waals surface area contributed by atoms with Crippen LogP contribution in [-0.2, 0) is 9.53 Å². The van der Waals surface area contributed by atoms with E-state index in [4.69, 9.17) is 16.3 Å². The van der Waals surface area contributed by atoms with Gasteiger partial charge in [-0.15, -0.1) is 0 Å². The third-order valence-electron chi connectivity index (χ3n) is 5.11. The fourth-order valence-corrected chi connectivity index (χ4v) is 3.81. The van der Waals surface area contributed by atoms with Crippen LogP contribution in [0.15, 0.2) is 12.1 Å². The molecular weight excluding hydrogens is 394 g/mol. The molecule has 0 unspecified atom stereocenters. The van der Waals surface area contributed by atoms with Crippen LogP contribution in [0, 0.1) is 11.6 Å². The van der Waals surface area contributed by atoms with E-state index in [-0.39, 0.29) is 46.7 Å². The lowest BCUT2D eigenvalue weighted by atomic mass is 10.2. The van der Waals surface area contributed by atoms with Crippen molar-refractivity contribution in [3.8, 4) is 0 Å². The maximum Gasteiger partial charge on any atom is 0.273 e. The van der Waals surface area contributed by atoms with E-state index >= 15 is 0 Å². The zero-order chi connectivity index (χ0) is 19.8. The van der Waals surface area contributed by atoms with E-state index in [9.17, 15) is 18.4 Å². The summed E-state index contributed by atoms with van der Waals surface area (Å²) in [5.41, 5.74) is -0.00550. The van der Waals surface area contributed by atoms with Crippen molar-refractivity contribution in [3.63, 3.8) is 0 Å². The fraction of sp³-hybridized carbons (Fsp3) is 0.444. The number of carbonyl (C=O) groups is 2. The van der Waals surface area contributed by atoms with E-state index in [1.54, 1.807) is 4.90 Å². The van der Waals surface area contributed by atoms with Crippen molar-refractivity contribution in [1.29, 1.82) is 0 Å². The van der Waals surface area contributed by atoms with Gasteiger partial charge < -0.3 is 24.8 Å². The van der Waals surface area contributed by atoms with Crippen LogP contribution >= 0.6 is 11.6 Å². The first-order chi connectivity index (χ1) is 13.5. The molecule has 1 aromatic carbocycles. The van der Waals surface area contributed by atoms with Crippen molar-refractivity contribution >= 4 is 34.3 Å². The topological polar surface area (TPSA) is 77.7 Å². The van der Waals surface area contributed by atoms with Crippen molar-refractivity contribution < 1.29 is 23.1 Å². The first kappa shape index (κ1) is 19.1. The van der Waals surface area contributed by atoms with E-state index in [0.29, 0.717) is 32.8 Å². The van der Waals surface area contributed by atoms with E-state index < -0.39 is 17.5 Å². The number of fused-ring (bicyclic) bond motifs is 1. The number of aromatic nitrogens is 1. The number of halogens is 3. The Hall–Kier alpha value is -2.23. The highest BCUT2D eigenvalue weighted by Crippen LogP contribution is 2.31. The number of ether oxygens (including phenoxy) is 1. The molecule has 2 aliphatic heterocycles. The Morgan fingerprint density at radius 3 is 2.54 bits per heavy atom. The maximum absolute atomic E-state index is 14.7. The first-order valence-corrected chi connectivity index (χ1v) is 9.39. The number of carbonyl (C=O) groups excluding carboxylic acids is 2. The zero-order valence-corrected chi connectivity index (χ0v) is 15.7. The number of nitrogens with zero attached hydrogens (tertiary/aromatic N) is 2. The van der Waals surface area contributed by atoms with Gasteiger partial charge in [0.25, 0.3) is 5.91 Å². The smallest absolute Gasteiger partial charge is 0.273 e. The number of H-pyrrole nitrogens is 1. The van der Waals surface area contributed by atoms with Crippen LogP contribution in [0.1, 0.15) is 10.5 Å². The number of benzene rings is 1. The van der Waals surface area contributed by atoms with Crippen molar-refractivity contribution in [2.24, 2.45) is 0 Å². The number of morpholine rings is 1. The minimum absolute atomic E-state index is 0.0640. The van der Waals surface area contributed by atoms with Gasteiger partial charge >= 0.3 is 0 Å². The van der Waals surface area contributed by atoms with E-state index in [1.165, 1.54) is 11.0 Å². The molecule has 4 rings (SSSR count). The van der Waals surface area contributed by atoms with Gasteiger partial charge in [-0.05, 0) is 12.1 Å². The molecule has 150 valence electrons. The van der Waals surface area contributed by atoms with Crippen LogP contribution in [0.5, 0.6) is 0 Å². The minimum atomic E-state index is -0.869. The molecule has 0 spiro atoms. The van der Waals surface area contributed by atoms with Gasteiger partial charge in [0.2, 0.25) is 5.91 Å². The summed E-state index contributed by atoms with van der Waals surface area (Å²) in [6.07, 6.45) is 0. The Morgan fingerprint density at radius 1 is 1.14 bits per heavy atom. The van der Waals surface area contributed by atoms with Crippen LogP contribution in [0.2, 0.25) is 5.02 Å². The zero-order valence-electron chi connectivity index (χ0n) is 14.9. The van der Waals surface area contributed by atoms with Gasteiger partial charge in [-0.1, -0.05) is 11.6 Å². The average molecular weight is 413 g/mol. The number of hydrogen-bond donors (Lipinski definition) is 2. The largest absolute Gasteiger partial charge is 0.378 e. The van der Waals surface area contributed by atoms with Crippen molar-refractivity contribution in [2.75, 3.05) is 45.9 Å². The summed E-state index contributed by atoms with van der Waals surface area (Å²) in [5, 5.41) is 2.62. The minimum Gasteiger partial charge on any atom is -0.378 e. The molecular formula is C18H19ClF2N4O3. The molecule has 2 aliphatic rings. The Morgan fingerprint density at radius 2 is 1.86 bits per heavy atom. The number of amides is 2. The lowest BCUT2D eigenvalue weighted by Gasteiger charge is -2.37. The molecule has 2 fully saturated rings.